The molecule has 0 saturated carbocycles. The number of nitrogens with zero attached hydrogens (tertiary/aromatic N) is 1. The van der Waals surface area contributed by atoms with Crippen LogP contribution in [-0.2, 0) is 0 Å². The van der Waals surface area contributed by atoms with Crippen molar-refractivity contribution in [3.05, 3.63) is 23.4 Å². The fourth-order valence-corrected chi connectivity index (χ4v) is 1.64. The Morgan fingerprint density at radius 3 is 2.47 bits per heavy atom. The lowest BCUT2D eigenvalue weighted by Crippen LogP contribution is -2.37. The summed E-state index contributed by atoms with van der Waals surface area (Å²) in [7, 11) is 0. The maximum Gasteiger partial charge on any atom is 0.128 e. The first-order valence-corrected chi connectivity index (χ1v) is 5.04. The molecule has 15 heavy (non-hydrogen) atoms. The second kappa shape index (κ2) is 4.16. The number of hydrazine groups is 1. The highest BCUT2D eigenvalue weighted by Crippen LogP contribution is 2.34. The van der Waals surface area contributed by atoms with E-state index in [1.807, 2.05) is 13.0 Å². The molecule has 0 saturated heterocycles. The van der Waals surface area contributed by atoms with Crippen LogP contribution in [0.1, 0.15) is 37.9 Å². The zero-order valence-corrected chi connectivity index (χ0v) is 9.83. The summed E-state index contributed by atoms with van der Waals surface area (Å²) in [5.74, 6) is 6.12. The Balaban J connectivity index is 3.18. The zero-order chi connectivity index (χ0) is 11.6. The summed E-state index contributed by atoms with van der Waals surface area (Å²) in [6.07, 6.45) is 1.76. The van der Waals surface area contributed by atoms with E-state index in [4.69, 9.17) is 11.6 Å². The lowest BCUT2D eigenvalue weighted by molar-refractivity contribution is 0.276. The molecule has 4 heteroatoms. The molecule has 0 radical (unpaired) electrons. The molecule has 4 nitrogen and oxygen atoms in total. The Bertz CT molecular complexity index is 341. The molecule has 0 fully saturated rings. The highest BCUT2D eigenvalue weighted by Gasteiger charge is 2.27. The Morgan fingerprint density at radius 2 is 2.00 bits per heavy atom. The van der Waals surface area contributed by atoms with Crippen molar-refractivity contribution in [1.82, 2.24) is 10.4 Å². The summed E-state index contributed by atoms with van der Waals surface area (Å²) in [4.78, 5) is 4.14. The third-order valence-electron chi connectivity index (χ3n) is 2.43. The number of anilines is 1. The van der Waals surface area contributed by atoms with Gasteiger partial charge in [0.2, 0.25) is 0 Å². The number of hydrogen-bond donors (Lipinski definition) is 3. The topological polar surface area (TPSA) is 77.0 Å². The van der Waals surface area contributed by atoms with Crippen molar-refractivity contribution in [2.24, 2.45) is 11.3 Å². The fraction of sp³-hybridized carbons (Fsp3) is 0.545. The first-order chi connectivity index (χ1) is 6.86. The summed E-state index contributed by atoms with van der Waals surface area (Å²) < 4.78 is 0. The van der Waals surface area contributed by atoms with Crippen molar-refractivity contribution in [2.45, 2.75) is 33.7 Å². The predicted octanol–water partition coefficient (Wildman–Crippen LogP) is 1.52. The van der Waals surface area contributed by atoms with Crippen molar-refractivity contribution in [3.8, 4) is 0 Å². The van der Waals surface area contributed by atoms with Crippen LogP contribution in [0.3, 0.4) is 0 Å². The van der Waals surface area contributed by atoms with Gasteiger partial charge in [0.1, 0.15) is 5.82 Å². The third-order valence-corrected chi connectivity index (χ3v) is 2.43. The largest absolute Gasteiger partial charge is 0.383 e. The number of nitrogens with one attached hydrogen (secondary N) is 1. The van der Waals surface area contributed by atoms with Gasteiger partial charge in [-0.25, -0.2) is 4.98 Å². The molecule has 0 spiro atoms. The molecule has 0 aromatic carbocycles. The number of hydrogen-bond acceptors (Lipinski definition) is 4. The Kier molecular flexibility index (Phi) is 3.31. The molecule has 0 amide bonds. The van der Waals surface area contributed by atoms with Crippen LogP contribution >= 0.6 is 0 Å². The van der Waals surface area contributed by atoms with Gasteiger partial charge in [0.05, 0.1) is 6.04 Å². The van der Waals surface area contributed by atoms with Gasteiger partial charge in [-0.3, -0.25) is 11.3 Å². The summed E-state index contributed by atoms with van der Waals surface area (Å²) >= 11 is 0. The summed E-state index contributed by atoms with van der Waals surface area (Å²) in [5, 5.41) is 0. The Hall–Kier alpha value is -1.13. The number of aromatic nitrogens is 1. The molecule has 1 atom stereocenters. The van der Waals surface area contributed by atoms with Crippen molar-refractivity contribution >= 4 is 5.82 Å². The second-order valence-electron chi connectivity index (χ2n) is 4.95. The lowest BCUT2D eigenvalue weighted by atomic mass is 9.82. The highest BCUT2D eigenvalue weighted by atomic mass is 15.2. The smallest absolute Gasteiger partial charge is 0.128 e. The minimum absolute atomic E-state index is 0.00164. The molecule has 1 heterocycles. The number of aryl methyl sites for hydroxylation is 1. The van der Waals surface area contributed by atoms with Crippen LogP contribution in [0.2, 0.25) is 0 Å². The molecule has 1 aromatic rings. The van der Waals surface area contributed by atoms with E-state index in [9.17, 15) is 0 Å². The molecular weight excluding hydrogens is 188 g/mol. The van der Waals surface area contributed by atoms with Crippen molar-refractivity contribution in [1.29, 1.82) is 0 Å². The molecule has 5 N–H and O–H groups in total. The van der Waals surface area contributed by atoms with Crippen LogP contribution in [-0.4, -0.2) is 4.98 Å². The molecule has 1 unspecified atom stereocenters. The molecule has 1 aromatic heterocycles. The van der Waals surface area contributed by atoms with Gasteiger partial charge in [0, 0.05) is 11.8 Å². The van der Waals surface area contributed by atoms with Gasteiger partial charge in [-0.2, -0.15) is 0 Å². The Morgan fingerprint density at radius 1 is 1.40 bits per heavy atom. The van der Waals surface area contributed by atoms with Gasteiger partial charge in [0.25, 0.3) is 0 Å². The van der Waals surface area contributed by atoms with Gasteiger partial charge in [-0.1, -0.05) is 20.8 Å². The molecule has 0 aliphatic rings. The van der Waals surface area contributed by atoms with Gasteiger partial charge in [-0.15, -0.1) is 0 Å². The molecule has 84 valence electrons. The highest BCUT2D eigenvalue weighted by molar-refractivity contribution is 5.43. The Labute approximate surface area is 91.0 Å². The minimum Gasteiger partial charge on any atom is -0.383 e. The quantitative estimate of drug-likeness (QED) is 0.509. The fourth-order valence-electron chi connectivity index (χ4n) is 1.64. The molecule has 1 rings (SSSR count). The maximum absolute atomic E-state index is 5.86. The zero-order valence-electron chi connectivity index (χ0n) is 9.83. The summed E-state index contributed by atoms with van der Waals surface area (Å²) in [5.41, 5.74) is 10.7. The predicted molar refractivity (Wildman–Crippen MR) is 62.9 cm³/mol. The third kappa shape index (κ3) is 2.67. The van der Waals surface area contributed by atoms with Crippen LogP contribution in [0.5, 0.6) is 0 Å². The molecule has 0 bridgehead atoms. The number of pyridine rings is 1. The van der Waals surface area contributed by atoms with E-state index < -0.39 is 0 Å². The average molecular weight is 208 g/mol. The van der Waals surface area contributed by atoms with Gasteiger partial charge in [0.15, 0.2) is 0 Å². The van der Waals surface area contributed by atoms with E-state index in [-0.39, 0.29) is 11.5 Å². The van der Waals surface area contributed by atoms with Gasteiger partial charge >= 0.3 is 0 Å². The number of rotatable bonds is 2. The maximum atomic E-state index is 5.86. The van der Waals surface area contributed by atoms with E-state index in [0.717, 1.165) is 11.1 Å². The van der Waals surface area contributed by atoms with E-state index in [2.05, 4.69) is 31.2 Å². The van der Waals surface area contributed by atoms with Gasteiger partial charge in [-0.05, 0) is 24.0 Å². The van der Waals surface area contributed by atoms with Crippen molar-refractivity contribution < 1.29 is 0 Å². The number of nitrogen functional groups attached to an aromatic ring is 1. The SMILES string of the molecule is Cc1cnc(N)c(C(NN)C(C)(C)C)c1. The summed E-state index contributed by atoms with van der Waals surface area (Å²) in [6, 6.07) is 2.03. The first-order valence-electron chi connectivity index (χ1n) is 5.04. The van der Waals surface area contributed by atoms with E-state index in [1.54, 1.807) is 6.20 Å². The molecule has 0 aliphatic carbocycles. The monoisotopic (exact) mass is 208 g/mol. The standard InChI is InChI=1S/C11H20N4/c1-7-5-8(10(12)14-6-7)9(15-13)11(2,3)4/h5-6,9,15H,13H2,1-4H3,(H2,12,14). The van der Waals surface area contributed by atoms with E-state index in [1.165, 1.54) is 0 Å². The molecular formula is C11H20N4. The first kappa shape index (κ1) is 11.9. The second-order valence-corrected chi connectivity index (χ2v) is 4.95. The van der Waals surface area contributed by atoms with Crippen LogP contribution in [0.15, 0.2) is 12.3 Å². The van der Waals surface area contributed by atoms with Crippen molar-refractivity contribution in [3.63, 3.8) is 0 Å². The minimum atomic E-state index is -0.00164. The summed E-state index contributed by atoms with van der Waals surface area (Å²) in [6.45, 7) is 8.32. The van der Waals surface area contributed by atoms with Crippen LogP contribution in [0.4, 0.5) is 5.82 Å². The molecule has 0 aliphatic heterocycles. The van der Waals surface area contributed by atoms with E-state index in [0.29, 0.717) is 5.82 Å². The normalized spacial score (nSPS) is 13.9. The van der Waals surface area contributed by atoms with Crippen molar-refractivity contribution in [2.75, 3.05) is 5.73 Å². The van der Waals surface area contributed by atoms with Crippen LogP contribution < -0.4 is 17.0 Å². The lowest BCUT2D eigenvalue weighted by Gasteiger charge is -2.31. The van der Waals surface area contributed by atoms with Gasteiger partial charge < -0.3 is 5.73 Å². The van der Waals surface area contributed by atoms with Crippen LogP contribution in [0.25, 0.3) is 0 Å². The average Bonchev–Trinajstić information content (AvgIpc) is 2.10. The van der Waals surface area contributed by atoms with Crippen LogP contribution in [0, 0.1) is 12.3 Å². The van der Waals surface area contributed by atoms with E-state index >= 15 is 0 Å². The number of nitrogens with two attached hydrogens (primary N) is 2.